The average molecular weight is 265 g/mol. The van der Waals surface area contributed by atoms with E-state index in [4.69, 9.17) is 16.3 Å². The first-order valence-electron chi connectivity index (χ1n) is 5.38. The first kappa shape index (κ1) is 11.1. The van der Waals surface area contributed by atoms with Gasteiger partial charge in [0.1, 0.15) is 6.61 Å². The fourth-order valence-electron chi connectivity index (χ4n) is 2.12. The second-order valence-corrected chi connectivity index (χ2v) is 4.49. The van der Waals surface area contributed by atoms with Gasteiger partial charge in [0.2, 0.25) is 0 Å². The highest BCUT2D eigenvalue weighted by Crippen LogP contribution is 2.31. The minimum absolute atomic E-state index is 0.110. The van der Waals surface area contributed by atoms with Crippen LogP contribution >= 0.6 is 11.6 Å². The van der Waals surface area contributed by atoms with Crippen LogP contribution in [0.1, 0.15) is 11.6 Å². The Balaban J connectivity index is 2.07. The van der Waals surface area contributed by atoms with Gasteiger partial charge in [-0.25, -0.2) is 9.59 Å². The first-order valence-corrected chi connectivity index (χ1v) is 5.76. The van der Waals surface area contributed by atoms with Crippen molar-refractivity contribution >= 4 is 23.6 Å². The van der Waals surface area contributed by atoms with Crippen LogP contribution in [-0.4, -0.2) is 18.6 Å². The van der Waals surface area contributed by atoms with Crippen LogP contribution in [0.4, 0.5) is 4.79 Å². The molecule has 3 rings (SSSR count). The average Bonchev–Trinajstić information content (AvgIpc) is 2.70. The molecule has 1 unspecified atom stereocenters. The number of rotatable bonds is 1. The van der Waals surface area contributed by atoms with Crippen LogP contribution in [0.5, 0.6) is 0 Å². The van der Waals surface area contributed by atoms with Crippen LogP contribution in [0, 0.1) is 0 Å². The summed E-state index contributed by atoms with van der Waals surface area (Å²) in [7, 11) is 0. The van der Waals surface area contributed by atoms with E-state index < -0.39 is 12.0 Å². The second-order valence-electron chi connectivity index (χ2n) is 4.05. The van der Waals surface area contributed by atoms with E-state index in [0.29, 0.717) is 16.3 Å². The number of nitrogens with one attached hydrogen (secondary N) is 2. The van der Waals surface area contributed by atoms with Gasteiger partial charge < -0.3 is 15.4 Å². The summed E-state index contributed by atoms with van der Waals surface area (Å²) in [6.07, 6.45) is 0. The molecule has 92 valence electrons. The van der Waals surface area contributed by atoms with Crippen LogP contribution in [0.2, 0.25) is 5.02 Å². The molecule has 1 atom stereocenters. The first-order chi connectivity index (χ1) is 8.65. The predicted octanol–water partition coefficient (Wildman–Crippen LogP) is 1.50. The Morgan fingerprint density at radius 1 is 1.33 bits per heavy atom. The van der Waals surface area contributed by atoms with E-state index in [1.165, 1.54) is 0 Å². The molecule has 0 radical (unpaired) electrons. The zero-order chi connectivity index (χ0) is 12.7. The fourth-order valence-corrected chi connectivity index (χ4v) is 2.32. The number of cyclic esters (lactones) is 1. The molecule has 0 aromatic heterocycles. The summed E-state index contributed by atoms with van der Waals surface area (Å²) >= 11 is 5.92. The van der Waals surface area contributed by atoms with Crippen LogP contribution in [0.15, 0.2) is 35.5 Å². The van der Waals surface area contributed by atoms with Crippen molar-refractivity contribution in [2.75, 3.05) is 6.61 Å². The Kier molecular flexibility index (Phi) is 2.48. The van der Waals surface area contributed by atoms with Gasteiger partial charge in [-0.1, -0.05) is 23.7 Å². The molecule has 2 heterocycles. The van der Waals surface area contributed by atoms with Gasteiger partial charge in [-0.15, -0.1) is 0 Å². The van der Waals surface area contributed by atoms with Crippen LogP contribution in [0.25, 0.3) is 0 Å². The molecule has 0 saturated heterocycles. The summed E-state index contributed by atoms with van der Waals surface area (Å²) in [5, 5.41) is 5.82. The highest BCUT2D eigenvalue weighted by Gasteiger charge is 2.37. The second kappa shape index (κ2) is 4.03. The SMILES string of the molecule is O=C1NC2=C(C(=O)OC2)C(c2cccc(Cl)c2)N1. The molecule has 2 amide bonds. The Bertz CT molecular complexity index is 582. The minimum Gasteiger partial charge on any atom is -0.456 e. The van der Waals surface area contributed by atoms with Crippen molar-refractivity contribution in [2.45, 2.75) is 6.04 Å². The number of halogens is 1. The van der Waals surface area contributed by atoms with Crippen molar-refractivity contribution in [3.63, 3.8) is 0 Å². The quantitative estimate of drug-likeness (QED) is 0.756. The molecule has 18 heavy (non-hydrogen) atoms. The number of carbonyl (C=O) groups excluding carboxylic acids is 2. The molecule has 2 aliphatic rings. The monoisotopic (exact) mass is 264 g/mol. The van der Waals surface area contributed by atoms with Gasteiger partial charge in [-0.3, -0.25) is 0 Å². The number of hydrogen-bond acceptors (Lipinski definition) is 3. The number of ether oxygens (including phenoxy) is 1. The summed E-state index contributed by atoms with van der Waals surface area (Å²) < 4.78 is 4.93. The Morgan fingerprint density at radius 2 is 2.17 bits per heavy atom. The zero-order valence-electron chi connectivity index (χ0n) is 9.20. The van der Waals surface area contributed by atoms with Crippen molar-refractivity contribution in [2.24, 2.45) is 0 Å². The van der Waals surface area contributed by atoms with Gasteiger partial charge in [0.15, 0.2) is 0 Å². The maximum Gasteiger partial charge on any atom is 0.338 e. The lowest BCUT2D eigenvalue weighted by Gasteiger charge is -2.24. The summed E-state index contributed by atoms with van der Waals surface area (Å²) in [4.78, 5) is 23.2. The van der Waals surface area contributed by atoms with Gasteiger partial charge in [-0.2, -0.15) is 0 Å². The molecule has 1 aromatic rings. The lowest BCUT2D eigenvalue weighted by atomic mass is 9.96. The number of benzene rings is 1. The number of hydrogen-bond donors (Lipinski definition) is 2. The smallest absolute Gasteiger partial charge is 0.338 e. The molecule has 0 fully saturated rings. The standard InChI is InChI=1S/C12H9ClN2O3/c13-7-3-1-2-6(4-7)10-9-8(5-18-11(9)16)14-12(17)15-10/h1-4,10H,5H2,(H2,14,15,17). The van der Waals surface area contributed by atoms with E-state index in [0.717, 1.165) is 5.56 Å². The molecule has 0 aliphatic carbocycles. The summed E-state index contributed by atoms with van der Waals surface area (Å²) in [5.41, 5.74) is 1.72. The van der Waals surface area contributed by atoms with E-state index in [1.807, 2.05) is 0 Å². The molecule has 0 spiro atoms. The predicted molar refractivity (Wildman–Crippen MR) is 63.8 cm³/mol. The molecule has 1 aromatic carbocycles. The lowest BCUT2D eigenvalue weighted by molar-refractivity contribution is -0.136. The van der Waals surface area contributed by atoms with Gasteiger partial charge in [0, 0.05) is 5.02 Å². The number of amides is 2. The third-order valence-electron chi connectivity index (χ3n) is 2.90. The van der Waals surface area contributed by atoms with Crippen molar-refractivity contribution < 1.29 is 14.3 Å². The third kappa shape index (κ3) is 1.73. The number of esters is 1. The van der Waals surface area contributed by atoms with Gasteiger partial charge in [0.05, 0.1) is 17.3 Å². The molecule has 2 N–H and O–H groups in total. The fraction of sp³-hybridized carbons (Fsp3) is 0.167. The van der Waals surface area contributed by atoms with Crippen LogP contribution in [0.3, 0.4) is 0 Å². The molecule has 2 aliphatic heterocycles. The topological polar surface area (TPSA) is 67.4 Å². The Hall–Kier alpha value is -2.01. The highest BCUT2D eigenvalue weighted by atomic mass is 35.5. The maximum absolute atomic E-state index is 11.7. The summed E-state index contributed by atoms with van der Waals surface area (Å²) in [6, 6.07) is 6.16. The molecular formula is C12H9ClN2O3. The van der Waals surface area contributed by atoms with Crippen molar-refractivity contribution in [1.29, 1.82) is 0 Å². The van der Waals surface area contributed by atoms with Crippen molar-refractivity contribution in [3.05, 3.63) is 46.1 Å². The van der Waals surface area contributed by atoms with Gasteiger partial charge >= 0.3 is 12.0 Å². The van der Waals surface area contributed by atoms with E-state index in [-0.39, 0.29) is 12.6 Å². The van der Waals surface area contributed by atoms with Gasteiger partial charge in [0.25, 0.3) is 0 Å². The van der Waals surface area contributed by atoms with Crippen molar-refractivity contribution in [1.82, 2.24) is 10.6 Å². The van der Waals surface area contributed by atoms with E-state index in [9.17, 15) is 9.59 Å². The van der Waals surface area contributed by atoms with E-state index in [2.05, 4.69) is 10.6 Å². The molecule has 0 bridgehead atoms. The largest absolute Gasteiger partial charge is 0.456 e. The summed E-state index contributed by atoms with van der Waals surface area (Å²) in [5.74, 6) is -0.414. The lowest BCUT2D eigenvalue weighted by Crippen LogP contribution is -2.44. The highest BCUT2D eigenvalue weighted by molar-refractivity contribution is 6.30. The number of urea groups is 1. The maximum atomic E-state index is 11.7. The van der Waals surface area contributed by atoms with E-state index in [1.54, 1.807) is 24.3 Å². The molecule has 6 heteroatoms. The molecule has 0 saturated carbocycles. The van der Waals surface area contributed by atoms with E-state index >= 15 is 0 Å². The van der Waals surface area contributed by atoms with Crippen LogP contribution < -0.4 is 10.6 Å². The minimum atomic E-state index is -0.512. The normalized spacial score (nSPS) is 22.2. The summed E-state index contributed by atoms with van der Waals surface area (Å²) in [6.45, 7) is 0.110. The number of carbonyl (C=O) groups is 2. The Labute approximate surface area is 108 Å². The molecular weight excluding hydrogens is 256 g/mol. The Morgan fingerprint density at radius 3 is 2.94 bits per heavy atom. The van der Waals surface area contributed by atoms with Crippen molar-refractivity contribution in [3.8, 4) is 0 Å². The third-order valence-corrected chi connectivity index (χ3v) is 3.14. The van der Waals surface area contributed by atoms with Gasteiger partial charge in [-0.05, 0) is 17.7 Å². The molecule has 5 nitrogen and oxygen atoms in total. The zero-order valence-corrected chi connectivity index (χ0v) is 9.95. The van der Waals surface area contributed by atoms with Crippen LogP contribution in [-0.2, 0) is 9.53 Å².